The summed E-state index contributed by atoms with van der Waals surface area (Å²) in [4.78, 5) is 29.4. The number of carbonyl (C=O) groups excluding carboxylic acids is 2. The summed E-state index contributed by atoms with van der Waals surface area (Å²) in [5.74, 6) is -0.676. The van der Waals surface area contributed by atoms with Crippen molar-refractivity contribution in [1.29, 1.82) is 0 Å². The van der Waals surface area contributed by atoms with Crippen LogP contribution in [0.2, 0.25) is 0 Å². The van der Waals surface area contributed by atoms with E-state index in [1.54, 1.807) is 12.3 Å². The van der Waals surface area contributed by atoms with Gasteiger partial charge in [-0.25, -0.2) is 9.78 Å². The minimum Gasteiger partial charge on any atom is -0.469 e. The van der Waals surface area contributed by atoms with Crippen LogP contribution in [0.1, 0.15) is 34.3 Å². The third-order valence-electron chi connectivity index (χ3n) is 3.91. The zero-order valence-corrected chi connectivity index (χ0v) is 16.1. The van der Waals surface area contributed by atoms with Gasteiger partial charge in [-0.2, -0.15) is 13.2 Å². The molecule has 0 aliphatic carbocycles. The first-order valence-corrected chi connectivity index (χ1v) is 9.18. The van der Waals surface area contributed by atoms with Crippen LogP contribution in [0.25, 0.3) is 0 Å². The molecule has 0 aliphatic rings. The van der Waals surface area contributed by atoms with Crippen molar-refractivity contribution in [2.24, 2.45) is 0 Å². The lowest BCUT2D eigenvalue weighted by Crippen LogP contribution is -2.23. The van der Waals surface area contributed by atoms with E-state index < -0.39 is 23.6 Å². The second-order valence-corrected chi connectivity index (χ2v) is 6.83. The van der Waals surface area contributed by atoms with Crippen molar-refractivity contribution >= 4 is 34.0 Å². The quantitative estimate of drug-likeness (QED) is 0.533. The molecule has 29 heavy (non-hydrogen) atoms. The molecule has 0 N–H and O–H groups in total. The molecule has 3 aromatic rings. The molecule has 0 bridgehead atoms. The van der Waals surface area contributed by atoms with Gasteiger partial charge in [-0.15, -0.1) is 11.3 Å². The van der Waals surface area contributed by atoms with E-state index in [0.717, 1.165) is 28.4 Å². The van der Waals surface area contributed by atoms with E-state index in [-0.39, 0.29) is 23.0 Å². The minimum atomic E-state index is -4.54. The van der Waals surface area contributed by atoms with Crippen molar-refractivity contribution in [2.45, 2.75) is 26.6 Å². The van der Waals surface area contributed by atoms with E-state index in [9.17, 15) is 22.8 Å². The van der Waals surface area contributed by atoms with Crippen LogP contribution in [0, 0.1) is 6.92 Å². The summed E-state index contributed by atoms with van der Waals surface area (Å²) >= 11 is 1.05. The number of anilines is 2. The zero-order valence-electron chi connectivity index (χ0n) is 15.3. The van der Waals surface area contributed by atoms with Crippen LogP contribution >= 0.6 is 11.3 Å². The van der Waals surface area contributed by atoms with E-state index in [4.69, 9.17) is 9.15 Å². The molecule has 0 radical (unpaired) electrons. The van der Waals surface area contributed by atoms with Crippen LogP contribution < -0.4 is 4.90 Å². The molecule has 10 heteroatoms. The number of alkyl halides is 3. The molecular formula is C19H15F3N2O4S. The van der Waals surface area contributed by atoms with Gasteiger partial charge in [0.2, 0.25) is 5.91 Å². The molecule has 3 rings (SSSR count). The minimum absolute atomic E-state index is 0.0410. The molecule has 1 amide bonds. The third-order valence-corrected chi connectivity index (χ3v) is 4.78. The molecule has 0 aliphatic heterocycles. The van der Waals surface area contributed by atoms with Crippen molar-refractivity contribution in [3.05, 3.63) is 64.6 Å². The predicted octanol–water partition coefficient (Wildman–Crippen LogP) is 5.10. The summed E-state index contributed by atoms with van der Waals surface area (Å²) in [6.07, 6.45) is -3.17. The Hall–Kier alpha value is -3.14. The first kappa shape index (κ1) is 20.6. The molecule has 2 heterocycles. The van der Waals surface area contributed by atoms with Crippen LogP contribution in [0.4, 0.5) is 24.0 Å². The topological polar surface area (TPSA) is 72.6 Å². The molecule has 6 nitrogen and oxygen atoms in total. The molecule has 0 saturated heterocycles. The van der Waals surface area contributed by atoms with E-state index in [0.29, 0.717) is 11.5 Å². The van der Waals surface area contributed by atoms with Crippen LogP contribution in [0.15, 0.2) is 46.4 Å². The SMILES string of the molecule is CC(=O)N(c1cccc(C(F)(F)F)c1)c1nc(COC(=O)c2ccoc2C)cs1. The lowest BCUT2D eigenvalue weighted by atomic mass is 10.2. The van der Waals surface area contributed by atoms with E-state index in [1.807, 2.05) is 0 Å². The van der Waals surface area contributed by atoms with E-state index in [2.05, 4.69) is 4.98 Å². The van der Waals surface area contributed by atoms with Crippen LogP contribution in [0.3, 0.4) is 0 Å². The van der Waals surface area contributed by atoms with Crippen LogP contribution in [-0.4, -0.2) is 16.9 Å². The lowest BCUT2D eigenvalue weighted by molar-refractivity contribution is -0.137. The Morgan fingerprint density at radius 2 is 2.03 bits per heavy atom. The number of halogens is 3. The summed E-state index contributed by atoms with van der Waals surface area (Å²) in [5.41, 5.74) is -0.186. The number of ether oxygens (including phenoxy) is 1. The molecule has 0 atom stereocenters. The standard InChI is InChI=1S/C19H15F3N2O4S/c1-11-16(6-7-27-11)17(26)28-9-14-10-29-18(23-14)24(12(2)25)15-5-3-4-13(8-15)19(20,21)22/h3-8,10H,9H2,1-2H3. The monoisotopic (exact) mass is 424 g/mol. The predicted molar refractivity (Wildman–Crippen MR) is 98.9 cm³/mol. The Kier molecular flexibility index (Phi) is 5.73. The van der Waals surface area contributed by atoms with Crippen molar-refractivity contribution in [3.8, 4) is 0 Å². The number of amides is 1. The molecule has 0 saturated carbocycles. The average molecular weight is 424 g/mol. The van der Waals surface area contributed by atoms with Gasteiger partial charge in [0, 0.05) is 12.3 Å². The fraction of sp³-hybridized carbons (Fsp3) is 0.211. The normalized spacial score (nSPS) is 11.3. The first-order chi connectivity index (χ1) is 13.7. The van der Waals surface area contributed by atoms with Gasteiger partial charge >= 0.3 is 12.1 Å². The summed E-state index contributed by atoms with van der Waals surface area (Å²) in [7, 11) is 0. The first-order valence-electron chi connectivity index (χ1n) is 8.30. The molecule has 1 aromatic carbocycles. The van der Waals surface area contributed by atoms with Gasteiger partial charge in [-0.1, -0.05) is 6.07 Å². The maximum Gasteiger partial charge on any atom is 0.416 e. The molecule has 0 unspecified atom stereocenters. The number of aromatic nitrogens is 1. The third kappa shape index (κ3) is 4.65. The van der Waals surface area contributed by atoms with Gasteiger partial charge in [0.1, 0.15) is 17.9 Å². The molecule has 152 valence electrons. The molecule has 0 fully saturated rings. The maximum atomic E-state index is 13.0. The van der Waals surface area contributed by atoms with Gasteiger partial charge in [0.15, 0.2) is 5.13 Å². The fourth-order valence-electron chi connectivity index (χ4n) is 2.53. The lowest BCUT2D eigenvalue weighted by Gasteiger charge is -2.19. The van der Waals surface area contributed by atoms with Crippen molar-refractivity contribution in [2.75, 3.05) is 4.90 Å². The highest BCUT2D eigenvalue weighted by atomic mass is 32.1. The number of rotatable bonds is 5. The number of nitrogens with zero attached hydrogens (tertiary/aromatic N) is 2. The van der Waals surface area contributed by atoms with E-state index in [1.165, 1.54) is 31.4 Å². The summed E-state index contributed by atoms with van der Waals surface area (Å²) in [6, 6.07) is 5.89. The number of carbonyl (C=O) groups is 2. The highest BCUT2D eigenvalue weighted by molar-refractivity contribution is 7.14. The Bertz CT molecular complexity index is 1040. The number of aryl methyl sites for hydroxylation is 1. The molecule has 0 spiro atoms. The number of thiazole rings is 1. The number of hydrogen-bond donors (Lipinski definition) is 0. The van der Waals surface area contributed by atoms with Crippen molar-refractivity contribution in [3.63, 3.8) is 0 Å². The maximum absolute atomic E-state index is 13.0. The second-order valence-electron chi connectivity index (χ2n) is 5.99. The Morgan fingerprint density at radius 3 is 2.66 bits per heavy atom. The van der Waals surface area contributed by atoms with Gasteiger partial charge in [0.25, 0.3) is 0 Å². The Labute approximate surface area is 167 Å². The Balaban J connectivity index is 1.79. The largest absolute Gasteiger partial charge is 0.469 e. The summed E-state index contributed by atoms with van der Waals surface area (Å²) in [6.45, 7) is 2.69. The van der Waals surface area contributed by atoms with E-state index >= 15 is 0 Å². The smallest absolute Gasteiger partial charge is 0.416 e. The highest BCUT2D eigenvalue weighted by Crippen LogP contribution is 2.35. The number of esters is 1. The zero-order chi connectivity index (χ0) is 21.2. The second kappa shape index (κ2) is 8.08. The van der Waals surface area contributed by atoms with Gasteiger partial charge in [-0.3, -0.25) is 9.69 Å². The number of furan rings is 1. The van der Waals surface area contributed by atoms with Crippen molar-refractivity contribution in [1.82, 2.24) is 4.98 Å². The van der Waals surface area contributed by atoms with Crippen LogP contribution in [0.5, 0.6) is 0 Å². The highest BCUT2D eigenvalue weighted by Gasteiger charge is 2.31. The molecular weight excluding hydrogens is 409 g/mol. The van der Waals surface area contributed by atoms with Crippen LogP contribution in [-0.2, 0) is 22.3 Å². The molecule has 2 aromatic heterocycles. The van der Waals surface area contributed by atoms with Gasteiger partial charge in [0.05, 0.1) is 23.2 Å². The van der Waals surface area contributed by atoms with Crippen molar-refractivity contribution < 1.29 is 31.9 Å². The Morgan fingerprint density at radius 1 is 1.28 bits per heavy atom. The van der Waals surface area contributed by atoms with Gasteiger partial charge < -0.3 is 9.15 Å². The fourth-order valence-corrected chi connectivity index (χ4v) is 3.40. The number of benzene rings is 1. The summed E-state index contributed by atoms with van der Waals surface area (Å²) < 4.78 is 49.2. The summed E-state index contributed by atoms with van der Waals surface area (Å²) in [5, 5.41) is 1.73. The number of hydrogen-bond acceptors (Lipinski definition) is 6. The average Bonchev–Trinajstić information content (AvgIpc) is 3.28. The van der Waals surface area contributed by atoms with Gasteiger partial charge in [-0.05, 0) is 31.2 Å².